The lowest BCUT2D eigenvalue weighted by Crippen LogP contribution is -2.44. The largest absolute Gasteiger partial charge is 0.379 e. The van der Waals surface area contributed by atoms with E-state index >= 15 is 0 Å². The molecule has 112 valence electrons. The molecule has 20 heavy (non-hydrogen) atoms. The van der Waals surface area contributed by atoms with Crippen molar-refractivity contribution in [3.63, 3.8) is 0 Å². The standard InChI is InChI=1S/C16H27N3O/c1-4-7-17-11-14-5-8-18-16(10-14)19-9-6-13(2)15(12-19)20-3/h5,8,10,13,15,17H,4,6-7,9,11-12H2,1-3H3. The van der Waals surface area contributed by atoms with Gasteiger partial charge in [0.2, 0.25) is 0 Å². The van der Waals surface area contributed by atoms with Gasteiger partial charge in [-0.05, 0) is 43.0 Å². The molecule has 1 aromatic rings. The number of anilines is 1. The quantitative estimate of drug-likeness (QED) is 0.811. The molecule has 1 fully saturated rings. The van der Waals surface area contributed by atoms with Gasteiger partial charge in [-0.25, -0.2) is 4.98 Å². The molecule has 4 nitrogen and oxygen atoms in total. The van der Waals surface area contributed by atoms with Gasteiger partial charge in [0.25, 0.3) is 0 Å². The number of pyridine rings is 1. The van der Waals surface area contributed by atoms with E-state index in [4.69, 9.17) is 4.74 Å². The molecule has 1 aliphatic heterocycles. The average Bonchev–Trinajstić information content (AvgIpc) is 2.48. The van der Waals surface area contributed by atoms with E-state index in [0.29, 0.717) is 12.0 Å². The first-order chi connectivity index (χ1) is 9.74. The van der Waals surface area contributed by atoms with Gasteiger partial charge in [-0.1, -0.05) is 13.8 Å². The minimum Gasteiger partial charge on any atom is -0.379 e. The number of hydrogen-bond acceptors (Lipinski definition) is 4. The topological polar surface area (TPSA) is 37.4 Å². The van der Waals surface area contributed by atoms with E-state index in [-0.39, 0.29) is 0 Å². The van der Waals surface area contributed by atoms with Crippen LogP contribution in [0.2, 0.25) is 0 Å². The second kappa shape index (κ2) is 7.60. The maximum absolute atomic E-state index is 5.58. The predicted octanol–water partition coefficient (Wildman–Crippen LogP) is 2.44. The molecule has 1 aromatic heterocycles. The second-order valence-electron chi connectivity index (χ2n) is 5.69. The van der Waals surface area contributed by atoms with E-state index in [9.17, 15) is 0 Å². The third-order valence-corrected chi connectivity index (χ3v) is 4.08. The summed E-state index contributed by atoms with van der Waals surface area (Å²) < 4.78 is 5.58. The van der Waals surface area contributed by atoms with Crippen LogP contribution in [0.5, 0.6) is 0 Å². The number of methoxy groups -OCH3 is 1. The zero-order valence-corrected chi connectivity index (χ0v) is 12.9. The summed E-state index contributed by atoms with van der Waals surface area (Å²) >= 11 is 0. The number of aromatic nitrogens is 1. The summed E-state index contributed by atoms with van der Waals surface area (Å²) in [6.07, 6.45) is 4.56. The molecule has 4 heteroatoms. The lowest BCUT2D eigenvalue weighted by atomic mass is 9.96. The summed E-state index contributed by atoms with van der Waals surface area (Å²) in [5.41, 5.74) is 1.30. The summed E-state index contributed by atoms with van der Waals surface area (Å²) in [6.45, 7) is 8.44. The number of ether oxygens (including phenoxy) is 1. The Morgan fingerprint density at radius 2 is 2.35 bits per heavy atom. The van der Waals surface area contributed by atoms with Gasteiger partial charge in [-0.2, -0.15) is 0 Å². The van der Waals surface area contributed by atoms with Gasteiger partial charge in [0.15, 0.2) is 0 Å². The summed E-state index contributed by atoms with van der Waals surface area (Å²) in [4.78, 5) is 6.87. The molecule has 1 saturated heterocycles. The Kier molecular flexibility index (Phi) is 5.80. The third-order valence-electron chi connectivity index (χ3n) is 4.08. The van der Waals surface area contributed by atoms with E-state index in [0.717, 1.165) is 38.4 Å². The Bertz CT molecular complexity index is 410. The zero-order valence-electron chi connectivity index (χ0n) is 12.9. The summed E-state index contributed by atoms with van der Waals surface area (Å²) in [7, 11) is 1.81. The fourth-order valence-corrected chi connectivity index (χ4v) is 2.70. The number of rotatable bonds is 6. The van der Waals surface area contributed by atoms with Crippen LogP contribution < -0.4 is 10.2 Å². The number of piperidine rings is 1. The van der Waals surface area contributed by atoms with Crippen LogP contribution in [-0.4, -0.2) is 37.8 Å². The molecule has 2 heterocycles. The Morgan fingerprint density at radius 1 is 1.50 bits per heavy atom. The molecule has 2 unspecified atom stereocenters. The van der Waals surface area contributed by atoms with Crippen molar-refractivity contribution in [2.24, 2.45) is 5.92 Å². The van der Waals surface area contributed by atoms with Crippen LogP contribution in [0.25, 0.3) is 0 Å². The van der Waals surface area contributed by atoms with Gasteiger partial charge in [0.05, 0.1) is 6.10 Å². The van der Waals surface area contributed by atoms with Crippen molar-refractivity contribution >= 4 is 5.82 Å². The van der Waals surface area contributed by atoms with Crippen LogP contribution in [0.3, 0.4) is 0 Å². The summed E-state index contributed by atoms with van der Waals surface area (Å²) in [5.74, 6) is 1.71. The molecule has 0 aliphatic carbocycles. The van der Waals surface area contributed by atoms with Crippen molar-refractivity contribution in [2.75, 3.05) is 31.6 Å². The minimum atomic E-state index is 0.312. The molecule has 0 aromatic carbocycles. The molecule has 2 atom stereocenters. The Hall–Kier alpha value is -1.13. The monoisotopic (exact) mass is 277 g/mol. The average molecular weight is 277 g/mol. The van der Waals surface area contributed by atoms with E-state index < -0.39 is 0 Å². The molecule has 0 saturated carbocycles. The molecule has 0 bridgehead atoms. The molecular formula is C16H27N3O. The second-order valence-corrected chi connectivity index (χ2v) is 5.69. The van der Waals surface area contributed by atoms with Gasteiger partial charge < -0.3 is 15.0 Å². The van der Waals surface area contributed by atoms with Gasteiger partial charge in [0, 0.05) is 32.9 Å². The highest BCUT2D eigenvalue weighted by atomic mass is 16.5. The van der Waals surface area contributed by atoms with Crippen LogP contribution in [0, 0.1) is 5.92 Å². The number of nitrogens with zero attached hydrogens (tertiary/aromatic N) is 2. The van der Waals surface area contributed by atoms with Crippen molar-refractivity contribution in [3.05, 3.63) is 23.9 Å². The van der Waals surface area contributed by atoms with Crippen molar-refractivity contribution in [1.29, 1.82) is 0 Å². The van der Waals surface area contributed by atoms with E-state index in [1.54, 1.807) is 0 Å². The third kappa shape index (κ3) is 3.93. The van der Waals surface area contributed by atoms with Crippen LogP contribution in [0.4, 0.5) is 5.82 Å². The smallest absolute Gasteiger partial charge is 0.128 e. The maximum atomic E-state index is 5.58. The van der Waals surface area contributed by atoms with Crippen molar-refractivity contribution < 1.29 is 4.74 Å². The zero-order chi connectivity index (χ0) is 14.4. The molecule has 1 aliphatic rings. The highest BCUT2D eigenvalue weighted by Crippen LogP contribution is 2.23. The molecule has 2 rings (SSSR count). The SMILES string of the molecule is CCCNCc1ccnc(N2CCC(C)C(OC)C2)c1. The first-order valence-electron chi connectivity index (χ1n) is 7.68. The first-order valence-corrected chi connectivity index (χ1v) is 7.68. The van der Waals surface area contributed by atoms with Crippen molar-refractivity contribution in [2.45, 2.75) is 39.3 Å². The lowest BCUT2D eigenvalue weighted by Gasteiger charge is -2.37. The molecular weight excluding hydrogens is 250 g/mol. The molecule has 0 amide bonds. The summed E-state index contributed by atoms with van der Waals surface area (Å²) in [5, 5.41) is 3.44. The fraction of sp³-hybridized carbons (Fsp3) is 0.688. The fourth-order valence-electron chi connectivity index (χ4n) is 2.70. The van der Waals surface area contributed by atoms with Crippen LogP contribution in [-0.2, 0) is 11.3 Å². The van der Waals surface area contributed by atoms with Gasteiger partial charge in [0.1, 0.15) is 5.82 Å². The van der Waals surface area contributed by atoms with Crippen LogP contribution in [0.15, 0.2) is 18.3 Å². The van der Waals surface area contributed by atoms with Crippen molar-refractivity contribution in [3.8, 4) is 0 Å². The minimum absolute atomic E-state index is 0.312. The maximum Gasteiger partial charge on any atom is 0.128 e. The van der Waals surface area contributed by atoms with Gasteiger partial charge in [-0.3, -0.25) is 0 Å². The normalized spacial score (nSPS) is 23.1. The Balaban J connectivity index is 1.99. The predicted molar refractivity (Wildman–Crippen MR) is 83.0 cm³/mol. The lowest BCUT2D eigenvalue weighted by molar-refractivity contribution is 0.0496. The molecule has 1 N–H and O–H groups in total. The van der Waals surface area contributed by atoms with Crippen LogP contribution in [0.1, 0.15) is 32.3 Å². The van der Waals surface area contributed by atoms with Gasteiger partial charge in [-0.15, -0.1) is 0 Å². The van der Waals surface area contributed by atoms with Crippen molar-refractivity contribution in [1.82, 2.24) is 10.3 Å². The van der Waals surface area contributed by atoms with Crippen LogP contribution >= 0.6 is 0 Å². The molecule has 0 spiro atoms. The Labute approximate surface area is 122 Å². The summed E-state index contributed by atoms with van der Waals surface area (Å²) in [6, 6.07) is 4.29. The van der Waals surface area contributed by atoms with E-state index in [1.807, 2.05) is 13.3 Å². The van der Waals surface area contributed by atoms with Gasteiger partial charge >= 0.3 is 0 Å². The highest BCUT2D eigenvalue weighted by Gasteiger charge is 2.26. The van der Waals surface area contributed by atoms with E-state index in [1.165, 1.54) is 12.0 Å². The number of hydrogen-bond donors (Lipinski definition) is 1. The molecule has 0 radical (unpaired) electrons. The first kappa shape index (κ1) is 15.3. The Morgan fingerprint density at radius 3 is 3.10 bits per heavy atom. The number of nitrogens with one attached hydrogen (secondary N) is 1. The van der Waals surface area contributed by atoms with E-state index in [2.05, 4.69) is 41.2 Å². The highest BCUT2D eigenvalue weighted by molar-refractivity contribution is 5.41.